The Labute approximate surface area is 110 Å². The molecule has 0 heterocycles. The zero-order chi connectivity index (χ0) is 12.3. The van der Waals surface area contributed by atoms with Crippen LogP contribution in [0.4, 0.5) is 10.5 Å². The van der Waals surface area contributed by atoms with Crippen molar-refractivity contribution in [3.05, 3.63) is 29.8 Å². The van der Waals surface area contributed by atoms with Gasteiger partial charge in [-0.1, -0.05) is 12.1 Å². The van der Waals surface area contributed by atoms with E-state index in [1.54, 1.807) is 18.2 Å². The predicted molar refractivity (Wildman–Crippen MR) is 55.8 cm³/mol. The molecule has 0 radical (unpaired) electrons. The molecule has 17 heavy (non-hydrogen) atoms. The number of rotatable bonds is 2. The molecule has 0 unspecified atom stereocenters. The number of hydrogen-bond acceptors (Lipinski definition) is 5. The van der Waals surface area contributed by atoms with Gasteiger partial charge in [0.2, 0.25) is 0 Å². The predicted octanol–water partition coefficient (Wildman–Crippen LogP) is 1.03. The number of nitrogens with zero attached hydrogens (tertiary/aromatic N) is 1. The van der Waals surface area contributed by atoms with Gasteiger partial charge >= 0.3 is 23.2 Å². The average molecular weight is 308 g/mol. The number of hydrogen-bond donors (Lipinski definition) is 0. The summed E-state index contributed by atoms with van der Waals surface area (Å²) in [5.74, 6) is 0. The molecule has 1 aromatic carbocycles. The van der Waals surface area contributed by atoms with Crippen LogP contribution in [0.1, 0.15) is 5.56 Å². The topological polar surface area (TPSA) is 86.7 Å². The second-order valence-electron chi connectivity index (χ2n) is 3.16. The van der Waals surface area contributed by atoms with Crippen molar-refractivity contribution in [3.8, 4) is 0 Å². The summed E-state index contributed by atoms with van der Waals surface area (Å²) >= 11 is 0. The van der Waals surface area contributed by atoms with Crippen LogP contribution in [0.5, 0.6) is 0 Å². The first-order valence-electron chi connectivity index (χ1n) is 4.29. The molecule has 0 saturated heterocycles. The Morgan fingerprint density at radius 3 is 2.47 bits per heavy atom. The zero-order valence-corrected chi connectivity index (χ0v) is 10.8. The van der Waals surface area contributed by atoms with Gasteiger partial charge in [0.25, 0.3) is 10.4 Å². The van der Waals surface area contributed by atoms with E-state index in [9.17, 15) is 17.8 Å². The van der Waals surface area contributed by atoms with E-state index in [4.69, 9.17) is 0 Å². The van der Waals surface area contributed by atoms with Crippen molar-refractivity contribution < 1.29 is 39.0 Å². The van der Waals surface area contributed by atoms with Gasteiger partial charge in [-0.15, -0.1) is 0 Å². The quantitative estimate of drug-likeness (QED) is 0.462. The second-order valence-corrected chi connectivity index (χ2v) is 4.14. The van der Waals surface area contributed by atoms with Gasteiger partial charge in [-0.2, -0.15) is 0 Å². The van der Waals surface area contributed by atoms with Gasteiger partial charge in [0.15, 0.2) is 0 Å². The summed E-state index contributed by atoms with van der Waals surface area (Å²) in [4.78, 5) is 12.1. The van der Waals surface area contributed by atoms with Gasteiger partial charge in [0, 0.05) is 12.7 Å². The van der Waals surface area contributed by atoms with E-state index in [0.717, 1.165) is 10.5 Å². The fourth-order valence-electron chi connectivity index (χ4n) is 1.09. The van der Waals surface area contributed by atoms with Crippen molar-refractivity contribution in [1.82, 2.24) is 0 Å². The van der Waals surface area contributed by atoms with Crippen molar-refractivity contribution in [2.24, 2.45) is 0 Å². The normalized spacial score (nSPS) is 10.3. The first-order chi connectivity index (χ1) is 7.29. The molecule has 0 N–H and O–H groups in total. The molecule has 0 saturated carbocycles. The molecule has 98 valence electrons. The summed E-state index contributed by atoms with van der Waals surface area (Å²) in [6, 6.07) is 6.75. The molecule has 0 atom stereocenters. The maximum Gasteiger partial charge on any atom is 1.00 e. The van der Waals surface area contributed by atoms with Crippen LogP contribution < -0.4 is 4.90 Å². The zero-order valence-electron chi connectivity index (χ0n) is 9.01. The van der Waals surface area contributed by atoms with Crippen LogP contribution in [0.25, 0.3) is 0 Å². The molecule has 0 fully saturated rings. The van der Waals surface area contributed by atoms with E-state index in [2.05, 4.69) is 4.18 Å². The molecule has 0 aliphatic heterocycles. The number of anilines is 1. The number of amides is 1. The van der Waals surface area contributed by atoms with Gasteiger partial charge in [-0.25, -0.2) is 13.2 Å². The third kappa shape index (κ3) is 5.18. The molecular weight excluding hydrogens is 298 g/mol. The SMILES string of the molecule is Cc1cccc(N(C)C(=O)OS(=O)(=O)[O-])c1.[Cu+]. The average Bonchev–Trinajstić information content (AvgIpc) is 2.14. The van der Waals surface area contributed by atoms with Crippen molar-refractivity contribution in [2.45, 2.75) is 6.92 Å². The Morgan fingerprint density at radius 2 is 2.00 bits per heavy atom. The third-order valence-corrected chi connectivity index (χ3v) is 2.18. The van der Waals surface area contributed by atoms with Crippen LogP contribution >= 0.6 is 0 Å². The number of carbonyl (C=O) groups excluding carboxylic acids is 1. The van der Waals surface area contributed by atoms with E-state index >= 15 is 0 Å². The van der Waals surface area contributed by atoms with Crippen LogP contribution in [0.15, 0.2) is 24.3 Å². The second kappa shape index (κ2) is 6.02. The van der Waals surface area contributed by atoms with E-state index < -0.39 is 16.5 Å². The van der Waals surface area contributed by atoms with E-state index in [1.165, 1.54) is 7.05 Å². The van der Waals surface area contributed by atoms with Gasteiger partial charge < -0.3 is 8.74 Å². The van der Waals surface area contributed by atoms with E-state index in [1.807, 2.05) is 13.0 Å². The number of aryl methyl sites for hydroxylation is 1. The summed E-state index contributed by atoms with van der Waals surface area (Å²) in [6.07, 6.45) is -1.24. The molecule has 1 amide bonds. The van der Waals surface area contributed by atoms with Gasteiger partial charge in [0.05, 0.1) is 0 Å². The largest absolute Gasteiger partial charge is 1.00 e. The molecule has 0 aliphatic rings. The van der Waals surface area contributed by atoms with Crippen molar-refractivity contribution >= 4 is 22.2 Å². The van der Waals surface area contributed by atoms with Crippen LogP contribution in [0, 0.1) is 6.92 Å². The summed E-state index contributed by atoms with van der Waals surface area (Å²) in [6.45, 7) is 1.81. The smallest absolute Gasteiger partial charge is 0.716 e. The standard InChI is InChI=1S/C9H11NO5S.Cu/c1-7-4-3-5-8(6-7)10(2)9(11)15-16(12,13)14;/h3-6H,1-2H3,(H,12,13,14);/q;+1/p-1. The molecule has 6 nitrogen and oxygen atoms in total. The summed E-state index contributed by atoms with van der Waals surface area (Å²) in [5.41, 5.74) is 1.33. The fourth-order valence-corrected chi connectivity index (χ4v) is 1.37. The molecule has 0 bridgehead atoms. The summed E-state index contributed by atoms with van der Waals surface area (Å²) in [5, 5.41) is 0. The molecule has 0 aliphatic carbocycles. The van der Waals surface area contributed by atoms with Gasteiger partial charge in [0.1, 0.15) is 0 Å². The molecule has 1 rings (SSSR count). The third-order valence-electron chi connectivity index (χ3n) is 1.84. The van der Waals surface area contributed by atoms with Crippen molar-refractivity contribution in [3.63, 3.8) is 0 Å². The fraction of sp³-hybridized carbons (Fsp3) is 0.222. The maximum atomic E-state index is 11.2. The Bertz CT molecular complexity index is 502. The molecule has 0 spiro atoms. The van der Waals surface area contributed by atoms with Crippen molar-refractivity contribution in [2.75, 3.05) is 11.9 Å². The minimum absolute atomic E-state index is 0. The molecule has 0 aromatic heterocycles. The van der Waals surface area contributed by atoms with E-state index in [0.29, 0.717) is 5.69 Å². The molecule has 8 heteroatoms. The van der Waals surface area contributed by atoms with Crippen LogP contribution in [-0.4, -0.2) is 26.1 Å². The Kier molecular flexibility index (Phi) is 5.63. The first kappa shape index (κ1) is 15.9. The number of carbonyl (C=O) groups is 1. The Hall–Kier alpha value is -1.08. The number of benzene rings is 1. The minimum Gasteiger partial charge on any atom is -0.716 e. The van der Waals surface area contributed by atoms with Gasteiger partial charge in [-0.3, -0.25) is 4.90 Å². The Balaban J connectivity index is 0.00000256. The summed E-state index contributed by atoms with van der Waals surface area (Å²) in [7, 11) is -3.72. The molecular formula is C9H10CuNO5S. The molecule has 1 aromatic rings. The van der Waals surface area contributed by atoms with Crippen LogP contribution in [0.2, 0.25) is 0 Å². The summed E-state index contributed by atoms with van der Waals surface area (Å²) < 4.78 is 34.4. The first-order valence-corrected chi connectivity index (χ1v) is 5.62. The van der Waals surface area contributed by atoms with Gasteiger partial charge in [-0.05, 0) is 24.6 Å². The van der Waals surface area contributed by atoms with Crippen LogP contribution in [-0.2, 0) is 31.7 Å². The van der Waals surface area contributed by atoms with Crippen LogP contribution in [0.3, 0.4) is 0 Å². The Morgan fingerprint density at radius 1 is 1.41 bits per heavy atom. The van der Waals surface area contributed by atoms with E-state index in [-0.39, 0.29) is 17.1 Å². The monoisotopic (exact) mass is 307 g/mol. The maximum absolute atomic E-state index is 11.2. The minimum atomic E-state index is -5.03. The van der Waals surface area contributed by atoms with Crippen molar-refractivity contribution in [1.29, 1.82) is 0 Å².